The minimum atomic E-state index is -0.178. The van der Waals surface area contributed by atoms with Crippen molar-refractivity contribution in [2.45, 2.75) is 13.3 Å². The normalized spacial score (nSPS) is 11.1. The molecule has 8 heteroatoms. The van der Waals surface area contributed by atoms with Crippen molar-refractivity contribution in [2.75, 3.05) is 5.32 Å². The first kappa shape index (κ1) is 18.3. The van der Waals surface area contributed by atoms with E-state index in [0.717, 1.165) is 28.0 Å². The van der Waals surface area contributed by atoms with E-state index in [-0.39, 0.29) is 5.56 Å². The van der Waals surface area contributed by atoms with Crippen LogP contribution in [0, 0.1) is 0 Å². The van der Waals surface area contributed by atoms with Crippen LogP contribution in [-0.2, 0) is 6.42 Å². The Balaban J connectivity index is 1.43. The van der Waals surface area contributed by atoms with Crippen LogP contribution in [0.1, 0.15) is 12.6 Å². The Kier molecular flexibility index (Phi) is 4.61. The Morgan fingerprint density at radius 2 is 2.00 bits per heavy atom. The molecule has 3 heterocycles. The summed E-state index contributed by atoms with van der Waals surface area (Å²) in [5.41, 5.74) is 2.26. The molecule has 2 aromatic carbocycles. The van der Waals surface area contributed by atoms with Gasteiger partial charge < -0.3 is 10.1 Å². The second-order valence-electron chi connectivity index (χ2n) is 6.62. The molecule has 0 radical (unpaired) electrons. The summed E-state index contributed by atoms with van der Waals surface area (Å²) in [5.74, 6) is 1.42. The standard InChI is InChI=1S/C22H17N5O2S/c1-2-14-13-20(28)27-22(25-14)30-21(26-27)24-15-6-5-7-16(12-15)29-19-10-11-23-18-9-4-3-8-17(18)19/h3-13H,2H2,1H3,(H,24,26). The molecule has 5 aromatic rings. The van der Waals surface area contributed by atoms with E-state index >= 15 is 0 Å². The monoisotopic (exact) mass is 415 g/mol. The van der Waals surface area contributed by atoms with Gasteiger partial charge in [0.2, 0.25) is 10.1 Å². The minimum absolute atomic E-state index is 0.178. The van der Waals surface area contributed by atoms with E-state index in [1.165, 1.54) is 21.9 Å². The highest BCUT2D eigenvalue weighted by Gasteiger charge is 2.10. The average Bonchev–Trinajstić information content (AvgIpc) is 3.17. The molecule has 0 atom stereocenters. The number of aromatic nitrogens is 4. The Hall–Kier alpha value is -3.78. The molecule has 0 saturated heterocycles. The molecule has 0 aliphatic heterocycles. The van der Waals surface area contributed by atoms with Crippen LogP contribution < -0.4 is 15.6 Å². The third kappa shape index (κ3) is 3.48. The largest absolute Gasteiger partial charge is 0.457 e. The van der Waals surface area contributed by atoms with Crippen molar-refractivity contribution >= 4 is 38.0 Å². The van der Waals surface area contributed by atoms with Gasteiger partial charge >= 0.3 is 0 Å². The molecule has 1 N–H and O–H groups in total. The van der Waals surface area contributed by atoms with Gasteiger partial charge in [-0.25, -0.2) is 4.98 Å². The number of anilines is 2. The molecule has 3 aromatic heterocycles. The third-order valence-electron chi connectivity index (χ3n) is 4.58. The van der Waals surface area contributed by atoms with Crippen LogP contribution in [0.25, 0.3) is 15.9 Å². The molecular formula is C22H17N5O2S. The van der Waals surface area contributed by atoms with Gasteiger partial charge in [0.15, 0.2) is 0 Å². The Morgan fingerprint density at radius 1 is 1.10 bits per heavy atom. The fraction of sp³-hybridized carbons (Fsp3) is 0.0909. The van der Waals surface area contributed by atoms with Gasteiger partial charge in [-0.2, -0.15) is 4.52 Å². The van der Waals surface area contributed by atoms with Crippen LogP contribution >= 0.6 is 11.3 Å². The molecule has 0 fully saturated rings. The maximum atomic E-state index is 12.2. The molecule has 0 aliphatic rings. The third-order valence-corrected chi connectivity index (χ3v) is 5.41. The number of pyridine rings is 1. The first-order chi connectivity index (χ1) is 14.7. The average molecular weight is 415 g/mol. The Bertz CT molecular complexity index is 1420. The number of hydrogen-bond acceptors (Lipinski definition) is 7. The highest BCUT2D eigenvalue weighted by molar-refractivity contribution is 7.20. The zero-order valence-corrected chi connectivity index (χ0v) is 16.9. The molecule has 0 amide bonds. The second-order valence-corrected chi connectivity index (χ2v) is 7.58. The molecular weight excluding hydrogens is 398 g/mol. The lowest BCUT2D eigenvalue weighted by atomic mass is 10.2. The summed E-state index contributed by atoms with van der Waals surface area (Å²) in [7, 11) is 0. The van der Waals surface area contributed by atoms with Crippen molar-refractivity contribution in [3.63, 3.8) is 0 Å². The molecule has 30 heavy (non-hydrogen) atoms. The van der Waals surface area contributed by atoms with Crippen LogP contribution in [0.5, 0.6) is 11.5 Å². The summed E-state index contributed by atoms with van der Waals surface area (Å²) in [6.45, 7) is 1.97. The summed E-state index contributed by atoms with van der Waals surface area (Å²) in [4.78, 5) is 21.6. The first-order valence-electron chi connectivity index (χ1n) is 9.48. The molecule has 0 spiro atoms. The van der Waals surface area contributed by atoms with E-state index in [4.69, 9.17) is 4.74 Å². The predicted octanol–water partition coefficient (Wildman–Crippen LogP) is 4.80. The van der Waals surface area contributed by atoms with E-state index in [9.17, 15) is 4.79 Å². The smallest absolute Gasteiger partial charge is 0.275 e. The Morgan fingerprint density at radius 3 is 2.90 bits per heavy atom. The van der Waals surface area contributed by atoms with Crippen molar-refractivity contribution in [2.24, 2.45) is 0 Å². The summed E-state index contributed by atoms with van der Waals surface area (Å²) in [6, 6.07) is 18.8. The predicted molar refractivity (Wildman–Crippen MR) is 118 cm³/mol. The highest BCUT2D eigenvalue weighted by atomic mass is 32.1. The van der Waals surface area contributed by atoms with Gasteiger partial charge in [-0.05, 0) is 36.8 Å². The molecule has 7 nitrogen and oxygen atoms in total. The topological polar surface area (TPSA) is 81.4 Å². The molecule has 0 aliphatic carbocycles. The molecule has 0 bridgehead atoms. The number of para-hydroxylation sites is 1. The fourth-order valence-corrected chi connectivity index (χ4v) is 3.98. The summed E-state index contributed by atoms with van der Waals surface area (Å²) in [6.07, 6.45) is 2.44. The van der Waals surface area contributed by atoms with Gasteiger partial charge in [0, 0.05) is 35.1 Å². The van der Waals surface area contributed by atoms with E-state index < -0.39 is 0 Å². The molecule has 0 saturated carbocycles. The van der Waals surface area contributed by atoms with Crippen LogP contribution in [-0.4, -0.2) is 19.6 Å². The number of hydrogen-bond donors (Lipinski definition) is 1. The maximum Gasteiger partial charge on any atom is 0.275 e. The number of aryl methyl sites for hydroxylation is 1. The van der Waals surface area contributed by atoms with Crippen molar-refractivity contribution in [3.05, 3.63) is 82.9 Å². The van der Waals surface area contributed by atoms with Crippen LogP contribution in [0.3, 0.4) is 0 Å². The van der Waals surface area contributed by atoms with E-state index in [0.29, 0.717) is 22.3 Å². The summed E-state index contributed by atoms with van der Waals surface area (Å²) in [5, 5.41) is 9.10. The van der Waals surface area contributed by atoms with Crippen molar-refractivity contribution in [1.29, 1.82) is 0 Å². The fourth-order valence-electron chi connectivity index (χ4n) is 3.13. The number of rotatable bonds is 5. The van der Waals surface area contributed by atoms with Gasteiger partial charge in [-0.3, -0.25) is 9.78 Å². The van der Waals surface area contributed by atoms with Gasteiger partial charge in [0.1, 0.15) is 11.5 Å². The molecule has 0 unspecified atom stereocenters. The number of benzene rings is 2. The zero-order valence-electron chi connectivity index (χ0n) is 16.1. The number of nitrogens with zero attached hydrogens (tertiary/aromatic N) is 4. The van der Waals surface area contributed by atoms with Gasteiger partial charge in [0.05, 0.1) is 5.52 Å². The number of nitrogens with one attached hydrogen (secondary N) is 1. The number of fused-ring (bicyclic) bond motifs is 2. The van der Waals surface area contributed by atoms with Crippen LogP contribution in [0.2, 0.25) is 0 Å². The lowest BCUT2D eigenvalue weighted by Gasteiger charge is -2.10. The van der Waals surface area contributed by atoms with Crippen LogP contribution in [0.15, 0.2) is 71.7 Å². The maximum absolute atomic E-state index is 12.2. The zero-order chi connectivity index (χ0) is 20.5. The SMILES string of the molecule is CCc1cc(=O)n2nc(Nc3cccc(Oc4ccnc5ccccc45)c3)sc2n1. The van der Waals surface area contributed by atoms with Crippen molar-refractivity contribution < 1.29 is 4.74 Å². The molecule has 148 valence electrons. The first-order valence-corrected chi connectivity index (χ1v) is 10.3. The van der Waals surface area contributed by atoms with E-state index in [1.807, 2.05) is 61.5 Å². The highest BCUT2D eigenvalue weighted by Crippen LogP contribution is 2.31. The minimum Gasteiger partial charge on any atom is -0.457 e. The quantitative estimate of drug-likeness (QED) is 0.444. The lowest BCUT2D eigenvalue weighted by molar-refractivity contribution is 0.488. The van der Waals surface area contributed by atoms with Gasteiger partial charge in [-0.1, -0.05) is 36.5 Å². The van der Waals surface area contributed by atoms with Gasteiger partial charge in [0.25, 0.3) is 5.56 Å². The summed E-state index contributed by atoms with van der Waals surface area (Å²) >= 11 is 1.33. The Labute approximate surface area is 175 Å². The molecule has 5 rings (SSSR count). The summed E-state index contributed by atoms with van der Waals surface area (Å²) < 4.78 is 7.43. The van der Waals surface area contributed by atoms with Gasteiger partial charge in [-0.15, -0.1) is 5.10 Å². The van der Waals surface area contributed by atoms with E-state index in [2.05, 4.69) is 20.4 Å². The van der Waals surface area contributed by atoms with Crippen molar-refractivity contribution in [3.8, 4) is 11.5 Å². The number of ether oxygens (including phenoxy) is 1. The van der Waals surface area contributed by atoms with Crippen molar-refractivity contribution in [1.82, 2.24) is 19.6 Å². The second kappa shape index (κ2) is 7.57. The van der Waals surface area contributed by atoms with Crippen LogP contribution in [0.4, 0.5) is 10.8 Å². The lowest BCUT2D eigenvalue weighted by Crippen LogP contribution is -2.15. The van der Waals surface area contributed by atoms with E-state index in [1.54, 1.807) is 6.20 Å².